The fraction of sp³-hybridized carbons (Fsp3) is 0.312. The summed E-state index contributed by atoms with van der Waals surface area (Å²) in [6, 6.07) is 9.27. The van der Waals surface area contributed by atoms with Gasteiger partial charge in [-0.25, -0.2) is 4.39 Å². The molecule has 20 heavy (non-hydrogen) atoms. The monoisotopic (exact) mass is 274 g/mol. The van der Waals surface area contributed by atoms with Gasteiger partial charge >= 0.3 is 0 Å². The van der Waals surface area contributed by atoms with Crippen LogP contribution in [0.3, 0.4) is 0 Å². The van der Waals surface area contributed by atoms with E-state index in [0.717, 1.165) is 23.4 Å². The Labute approximate surface area is 118 Å². The molecule has 0 bridgehead atoms. The lowest BCUT2D eigenvalue weighted by molar-refractivity contribution is 0.340. The van der Waals surface area contributed by atoms with Crippen LogP contribution in [0.25, 0.3) is 0 Å². The fourth-order valence-electron chi connectivity index (χ4n) is 2.14. The minimum atomic E-state index is -0.323. The highest BCUT2D eigenvalue weighted by molar-refractivity contribution is 5.34. The van der Waals surface area contributed by atoms with Crippen LogP contribution in [-0.2, 0) is 0 Å². The maximum absolute atomic E-state index is 13.3. The molecule has 0 saturated heterocycles. The number of rotatable bonds is 6. The summed E-state index contributed by atoms with van der Waals surface area (Å²) in [5, 5.41) is 3.35. The molecule has 4 heteroatoms. The van der Waals surface area contributed by atoms with Gasteiger partial charge in [0.25, 0.3) is 0 Å². The third-order valence-corrected chi connectivity index (χ3v) is 2.99. The summed E-state index contributed by atoms with van der Waals surface area (Å²) in [6.45, 7) is 5.40. The zero-order valence-electron chi connectivity index (χ0n) is 11.8. The van der Waals surface area contributed by atoms with E-state index < -0.39 is 0 Å². The molecule has 1 atom stereocenters. The molecule has 1 unspecified atom stereocenters. The molecule has 0 aliphatic rings. The third-order valence-electron chi connectivity index (χ3n) is 2.99. The molecule has 0 aliphatic heterocycles. The molecule has 106 valence electrons. The molecule has 1 heterocycles. The predicted molar refractivity (Wildman–Crippen MR) is 77.3 cm³/mol. The normalized spacial score (nSPS) is 12.2. The summed E-state index contributed by atoms with van der Waals surface area (Å²) in [4.78, 5) is 3.92. The number of halogens is 1. The maximum atomic E-state index is 13.3. The quantitative estimate of drug-likeness (QED) is 0.877. The van der Waals surface area contributed by atoms with Crippen molar-refractivity contribution in [2.45, 2.75) is 19.9 Å². The molecule has 0 amide bonds. The minimum Gasteiger partial charge on any atom is -0.494 e. The zero-order chi connectivity index (χ0) is 14.4. The van der Waals surface area contributed by atoms with Gasteiger partial charge in [0.05, 0.1) is 18.8 Å². The van der Waals surface area contributed by atoms with Crippen LogP contribution in [0.15, 0.2) is 42.7 Å². The number of nitrogens with one attached hydrogen (secondary N) is 1. The van der Waals surface area contributed by atoms with Crippen molar-refractivity contribution in [2.75, 3.05) is 13.2 Å². The van der Waals surface area contributed by atoms with Crippen LogP contribution >= 0.6 is 0 Å². The van der Waals surface area contributed by atoms with Gasteiger partial charge in [0.15, 0.2) is 0 Å². The van der Waals surface area contributed by atoms with Crippen LogP contribution < -0.4 is 10.1 Å². The highest BCUT2D eigenvalue weighted by Crippen LogP contribution is 2.24. The Morgan fingerprint density at radius 1 is 1.15 bits per heavy atom. The smallest absolute Gasteiger partial charge is 0.141 e. The first-order valence-corrected chi connectivity index (χ1v) is 6.81. The first-order chi connectivity index (χ1) is 9.74. The Morgan fingerprint density at radius 2 is 1.90 bits per heavy atom. The fourth-order valence-corrected chi connectivity index (χ4v) is 2.14. The van der Waals surface area contributed by atoms with Crippen molar-refractivity contribution in [3.8, 4) is 5.75 Å². The van der Waals surface area contributed by atoms with Crippen molar-refractivity contribution in [1.82, 2.24) is 10.3 Å². The van der Waals surface area contributed by atoms with Crippen LogP contribution in [0, 0.1) is 5.82 Å². The zero-order valence-corrected chi connectivity index (χ0v) is 11.8. The molecule has 3 nitrogen and oxygen atoms in total. The van der Waals surface area contributed by atoms with Gasteiger partial charge in [-0.1, -0.05) is 19.1 Å². The molecule has 0 radical (unpaired) electrons. The van der Waals surface area contributed by atoms with Crippen LogP contribution in [0.2, 0.25) is 0 Å². The first kappa shape index (κ1) is 14.5. The molecule has 0 fully saturated rings. The van der Waals surface area contributed by atoms with Crippen LogP contribution in [0.5, 0.6) is 5.75 Å². The van der Waals surface area contributed by atoms with Gasteiger partial charge in [-0.05, 0) is 42.8 Å². The summed E-state index contributed by atoms with van der Waals surface area (Å²) in [5.74, 6) is 0.514. The van der Waals surface area contributed by atoms with Gasteiger partial charge in [-0.15, -0.1) is 0 Å². The lowest BCUT2D eigenvalue weighted by Gasteiger charge is -2.19. The minimum absolute atomic E-state index is 0.0705. The number of hydrogen-bond acceptors (Lipinski definition) is 3. The first-order valence-electron chi connectivity index (χ1n) is 6.81. The van der Waals surface area contributed by atoms with Gasteiger partial charge in [0.2, 0.25) is 0 Å². The number of pyridine rings is 1. The van der Waals surface area contributed by atoms with E-state index >= 15 is 0 Å². The van der Waals surface area contributed by atoms with Crippen molar-refractivity contribution < 1.29 is 9.13 Å². The second-order valence-corrected chi connectivity index (χ2v) is 4.43. The van der Waals surface area contributed by atoms with E-state index in [-0.39, 0.29) is 11.9 Å². The van der Waals surface area contributed by atoms with Crippen LogP contribution in [0.4, 0.5) is 4.39 Å². The molecule has 1 N–H and O–H groups in total. The summed E-state index contributed by atoms with van der Waals surface area (Å²) >= 11 is 0. The average Bonchev–Trinajstić information content (AvgIpc) is 2.46. The molecule has 0 spiro atoms. The van der Waals surface area contributed by atoms with E-state index in [1.807, 2.05) is 38.1 Å². The largest absolute Gasteiger partial charge is 0.494 e. The second-order valence-electron chi connectivity index (χ2n) is 4.43. The van der Waals surface area contributed by atoms with E-state index in [0.29, 0.717) is 6.61 Å². The van der Waals surface area contributed by atoms with Crippen molar-refractivity contribution in [3.63, 3.8) is 0 Å². The lowest BCUT2D eigenvalue weighted by Crippen LogP contribution is -2.22. The Balaban J connectivity index is 2.28. The van der Waals surface area contributed by atoms with Crippen LogP contribution in [0.1, 0.15) is 31.0 Å². The molecular weight excluding hydrogens is 255 g/mol. The average molecular weight is 274 g/mol. The van der Waals surface area contributed by atoms with Gasteiger partial charge in [0.1, 0.15) is 11.6 Å². The van der Waals surface area contributed by atoms with Gasteiger partial charge in [-0.2, -0.15) is 0 Å². The van der Waals surface area contributed by atoms with E-state index in [2.05, 4.69) is 10.3 Å². The van der Waals surface area contributed by atoms with E-state index in [9.17, 15) is 4.39 Å². The maximum Gasteiger partial charge on any atom is 0.141 e. The molecule has 0 saturated carbocycles. The summed E-state index contributed by atoms with van der Waals surface area (Å²) < 4.78 is 18.8. The molecular formula is C16H19FN2O. The lowest BCUT2D eigenvalue weighted by atomic mass is 10.00. The van der Waals surface area contributed by atoms with Crippen molar-refractivity contribution in [1.29, 1.82) is 0 Å². The SMILES string of the molecule is CCNC(c1ccc(OCC)cc1)c1cncc(F)c1. The van der Waals surface area contributed by atoms with Crippen molar-refractivity contribution in [2.24, 2.45) is 0 Å². The van der Waals surface area contributed by atoms with E-state index in [1.165, 1.54) is 12.3 Å². The Kier molecular flexibility index (Phi) is 5.07. The topological polar surface area (TPSA) is 34.1 Å². The number of hydrogen-bond donors (Lipinski definition) is 1. The molecule has 2 rings (SSSR count). The van der Waals surface area contributed by atoms with Gasteiger partial charge < -0.3 is 10.1 Å². The summed E-state index contributed by atoms with van der Waals surface area (Å²) in [7, 11) is 0. The number of aromatic nitrogens is 1. The highest BCUT2D eigenvalue weighted by Gasteiger charge is 2.14. The van der Waals surface area contributed by atoms with E-state index in [4.69, 9.17) is 4.74 Å². The third kappa shape index (κ3) is 3.54. The number of nitrogens with zero attached hydrogens (tertiary/aromatic N) is 1. The van der Waals surface area contributed by atoms with Gasteiger partial charge in [-0.3, -0.25) is 4.98 Å². The predicted octanol–water partition coefficient (Wildman–Crippen LogP) is 3.32. The Morgan fingerprint density at radius 3 is 2.50 bits per heavy atom. The summed E-state index contributed by atoms with van der Waals surface area (Å²) in [6.07, 6.45) is 2.90. The Hall–Kier alpha value is -1.94. The second kappa shape index (κ2) is 7.01. The van der Waals surface area contributed by atoms with Crippen LogP contribution in [-0.4, -0.2) is 18.1 Å². The molecule has 1 aromatic heterocycles. The standard InChI is InChI=1S/C16H19FN2O/c1-3-19-16(13-9-14(17)11-18-10-13)12-5-7-15(8-6-12)20-4-2/h5-11,16,19H,3-4H2,1-2H3. The molecule has 2 aromatic rings. The van der Waals surface area contributed by atoms with E-state index in [1.54, 1.807) is 6.20 Å². The number of ether oxygens (including phenoxy) is 1. The highest BCUT2D eigenvalue weighted by atomic mass is 19.1. The molecule has 1 aromatic carbocycles. The molecule has 0 aliphatic carbocycles. The van der Waals surface area contributed by atoms with Gasteiger partial charge in [0, 0.05) is 6.20 Å². The number of benzene rings is 1. The summed E-state index contributed by atoms with van der Waals surface area (Å²) in [5.41, 5.74) is 1.87. The Bertz CT molecular complexity index is 542. The van der Waals surface area contributed by atoms with Crippen molar-refractivity contribution in [3.05, 3.63) is 59.7 Å². The van der Waals surface area contributed by atoms with Crippen molar-refractivity contribution >= 4 is 0 Å².